The molecule has 2 aromatic rings. The first kappa shape index (κ1) is 15.7. The predicted octanol–water partition coefficient (Wildman–Crippen LogP) is 5.68. The molecule has 3 heteroatoms. The molecular formula is C17H19Br2N. The van der Waals surface area contributed by atoms with Gasteiger partial charge in [0.15, 0.2) is 0 Å². The summed E-state index contributed by atoms with van der Waals surface area (Å²) in [6.45, 7) is 7.39. The van der Waals surface area contributed by atoms with Crippen LogP contribution in [0.4, 0.5) is 0 Å². The Bertz CT molecular complexity index is 608. The van der Waals surface area contributed by atoms with Crippen LogP contribution in [0.1, 0.15) is 35.2 Å². The smallest absolute Gasteiger partial charge is 0.0320 e. The van der Waals surface area contributed by atoms with Crippen LogP contribution in [-0.4, -0.2) is 0 Å². The number of nitrogens with one attached hydrogen (secondary N) is 1. The minimum Gasteiger partial charge on any atom is -0.306 e. The van der Waals surface area contributed by atoms with E-state index < -0.39 is 0 Å². The zero-order valence-corrected chi connectivity index (χ0v) is 15.2. The van der Waals surface area contributed by atoms with Crippen molar-refractivity contribution < 1.29 is 0 Å². The van der Waals surface area contributed by atoms with Gasteiger partial charge in [0.2, 0.25) is 0 Å². The van der Waals surface area contributed by atoms with E-state index in [9.17, 15) is 0 Å². The molecule has 106 valence electrons. The first-order valence-corrected chi connectivity index (χ1v) is 8.30. The maximum Gasteiger partial charge on any atom is 0.0320 e. The van der Waals surface area contributed by atoms with Crippen molar-refractivity contribution in [1.82, 2.24) is 5.32 Å². The van der Waals surface area contributed by atoms with E-state index >= 15 is 0 Å². The lowest BCUT2D eigenvalue weighted by molar-refractivity contribution is 0.572. The second-order valence-corrected chi connectivity index (χ2v) is 6.92. The number of hydrogen-bond acceptors (Lipinski definition) is 1. The average Bonchev–Trinajstić information content (AvgIpc) is 2.40. The number of halogens is 2. The molecule has 1 unspecified atom stereocenters. The fourth-order valence-corrected chi connectivity index (χ4v) is 3.01. The highest BCUT2D eigenvalue weighted by Crippen LogP contribution is 2.24. The molecule has 0 aromatic heterocycles. The molecule has 1 atom stereocenters. The Kier molecular flexibility index (Phi) is 5.42. The van der Waals surface area contributed by atoms with Crippen molar-refractivity contribution in [3.05, 3.63) is 67.6 Å². The molecule has 0 aliphatic rings. The van der Waals surface area contributed by atoms with Gasteiger partial charge in [-0.1, -0.05) is 29.8 Å². The number of rotatable bonds is 4. The lowest BCUT2D eigenvalue weighted by atomic mass is 10.00. The van der Waals surface area contributed by atoms with Gasteiger partial charge in [-0.3, -0.25) is 0 Å². The summed E-state index contributed by atoms with van der Waals surface area (Å²) in [5.41, 5.74) is 5.31. The normalized spacial score (nSPS) is 12.4. The van der Waals surface area contributed by atoms with Crippen LogP contribution in [0.3, 0.4) is 0 Å². The molecule has 0 aliphatic heterocycles. The first-order valence-electron chi connectivity index (χ1n) is 6.72. The maximum absolute atomic E-state index is 3.59. The van der Waals surface area contributed by atoms with Gasteiger partial charge in [0.1, 0.15) is 0 Å². The topological polar surface area (TPSA) is 12.0 Å². The van der Waals surface area contributed by atoms with Crippen molar-refractivity contribution in [3.8, 4) is 0 Å². The monoisotopic (exact) mass is 395 g/mol. The van der Waals surface area contributed by atoms with E-state index in [0.29, 0.717) is 6.04 Å². The summed E-state index contributed by atoms with van der Waals surface area (Å²) in [6.07, 6.45) is 0. The maximum atomic E-state index is 3.59. The Labute approximate surface area is 138 Å². The summed E-state index contributed by atoms with van der Waals surface area (Å²) in [4.78, 5) is 0. The molecule has 0 aliphatic carbocycles. The second kappa shape index (κ2) is 6.88. The van der Waals surface area contributed by atoms with E-state index in [2.05, 4.69) is 94.3 Å². The van der Waals surface area contributed by atoms with E-state index in [1.54, 1.807) is 0 Å². The Morgan fingerprint density at radius 3 is 2.40 bits per heavy atom. The summed E-state index contributed by atoms with van der Waals surface area (Å²) in [7, 11) is 0. The van der Waals surface area contributed by atoms with Crippen LogP contribution in [0, 0.1) is 13.8 Å². The van der Waals surface area contributed by atoms with Gasteiger partial charge < -0.3 is 5.32 Å². The molecule has 2 aromatic carbocycles. The Balaban J connectivity index is 2.04. The van der Waals surface area contributed by atoms with Crippen LogP contribution >= 0.6 is 31.9 Å². The lowest BCUT2D eigenvalue weighted by Crippen LogP contribution is -2.19. The van der Waals surface area contributed by atoms with Gasteiger partial charge in [0.05, 0.1) is 0 Å². The number of aryl methyl sites for hydroxylation is 2. The van der Waals surface area contributed by atoms with Gasteiger partial charge >= 0.3 is 0 Å². The molecule has 0 heterocycles. The molecule has 1 nitrogen and oxygen atoms in total. The van der Waals surface area contributed by atoms with Crippen LogP contribution in [0.25, 0.3) is 0 Å². The molecule has 20 heavy (non-hydrogen) atoms. The molecule has 0 fully saturated rings. The highest BCUT2D eigenvalue weighted by Gasteiger charge is 2.08. The van der Waals surface area contributed by atoms with Crippen molar-refractivity contribution in [2.45, 2.75) is 33.4 Å². The Morgan fingerprint density at radius 1 is 1.00 bits per heavy atom. The van der Waals surface area contributed by atoms with Crippen molar-refractivity contribution in [1.29, 1.82) is 0 Å². The SMILES string of the molecule is Cc1ccc(C(C)NCc2ccc(Br)c(Br)c2)c(C)c1. The predicted molar refractivity (Wildman–Crippen MR) is 93.0 cm³/mol. The summed E-state index contributed by atoms with van der Waals surface area (Å²) in [5, 5.41) is 3.59. The summed E-state index contributed by atoms with van der Waals surface area (Å²) < 4.78 is 2.18. The zero-order valence-electron chi connectivity index (χ0n) is 12.0. The molecule has 0 radical (unpaired) electrons. The highest BCUT2D eigenvalue weighted by molar-refractivity contribution is 9.13. The zero-order chi connectivity index (χ0) is 14.7. The molecule has 0 bridgehead atoms. The van der Waals surface area contributed by atoms with E-state index in [0.717, 1.165) is 15.5 Å². The van der Waals surface area contributed by atoms with Gasteiger partial charge in [0.25, 0.3) is 0 Å². The molecule has 0 amide bonds. The summed E-state index contributed by atoms with van der Waals surface area (Å²) in [6, 6.07) is 13.3. The second-order valence-electron chi connectivity index (χ2n) is 5.21. The fourth-order valence-electron chi connectivity index (χ4n) is 2.34. The molecule has 1 N–H and O–H groups in total. The van der Waals surface area contributed by atoms with E-state index in [1.165, 1.54) is 22.3 Å². The molecule has 2 rings (SSSR count). The molecule has 0 saturated carbocycles. The van der Waals surface area contributed by atoms with Crippen LogP contribution < -0.4 is 5.32 Å². The van der Waals surface area contributed by atoms with Crippen LogP contribution in [0.5, 0.6) is 0 Å². The van der Waals surface area contributed by atoms with Crippen LogP contribution in [0.2, 0.25) is 0 Å². The van der Waals surface area contributed by atoms with Gasteiger partial charge in [-0.05, 0) is 81.5 Å². The summed E-state index contributed by atoms with van der Waals surface area (Å²) in [5.74, 6) is 0. The third kappa shape index (κ3) is 3.94. The van der Waals surface area contributed by atoms with Gasteiger partial charge in [-0.2, -0.15) is 0 Å². The van der Waals surface area contributed by atoms with Gasteiger partial charge in [0, 0.05) is 21.5 Å². The third-order valence-electron chi connectivity index (χ3n) is 3.49. The number of benzene rings is 2. The lowest BCUT2D eigenvalue weighted by Gasteiger charge is -2.17. The third-order valence-corrected chi connectivity index (χ3v) is 5.37. The van der Waals surface area contributed by atoms with Gasteiger partial charge in [-0.15, -0.1) is 0 Å². The van der Waals surface area contributed by atoms with Crippen molar-refractivity contribution in [2.24, 2.45) is 0 Å². The standard InChI is InChI=1S/C17H19Br2N/c1-11-4-6-15(12(2)8-11)13(3)20-10-14-5-7-16(18)17(19)9-14/h4-9,13,20H,10H2,1-3H3. The molecule has 0 saturated heterocycles. The fraction of sp³-hybridized carbons (Fsp3) is 0.294. The van der Waals surface area contributed by atoms with E-state index in [4.69, 9.17) is 0 Å². The van der Waals surface area contributed by atoms with E-state index in [1.807, 2.05) is 0 Å². The minimum absolute atomic E-state index is 0.345. The molecular weight excluding hydrogens is 378 g/mol. The molecule has 0 spiro atoms. The largest absolute Gasteiger partial charge is 0.306 e. The van der Waals surface area contributed by atoms with Crippen molar-refractivity contribution in [2.75, 3.05) is 0 Å². The Hall–Kier alpha value is -0.640. The van der Waals surface area contributed by atoms with Gasteiger partial charge in [-0.25, -0.2) is 0 Å². The van der Waals surface area contributed by atoms with Crippen molar-refractivity contribution in [3.63, 3.8) is 0 Å². The van der Waals surface area contributed by atoms with Crippen LogP contribution in [0.15, 0.2) is 45.3 Å². The quantitative estimate of drug-likeness (QED) is 0.700. The summed E-state index contributed by atoms with van der Waals surface area (Å²) >= 11 is 7.04. The highest BCUT2D eigenvalue weighted by atomic mass is 79.9. The van der Waals surface area contributed by atoms with E-state index in [-0.39, 0.29) is 0 Å². The average molecular weight is 397 g/mol. The Morgan fingerprint density at radius 2 is 1.75 bits per heavy atom. The van der Waals surface area contributed by atoms with Crippen LogP contribution in [-0.2, 0) is 6.54 Å². The van der Waals surface area contributed by atoms with Crippen molar-refractivity contribution >= 4 is 31.9 Å². The first-order chi connectivity index (χ1) is 9.47. The number of hydrogen-bond donors (Lipinski definition) is 1. The minimum atomic E-state index is 0.345.